The number of esters is 2. The van der Waals surface area contributed by atoms with E-state index in [0.717, 1.165) is 109 Å². The quantitative estimate of drug-likeness (QED) is 0.0171. The molecule has 2 fully saturated rings. The summed E-state index contributed by atoms with van der Waals surface area (Å²) in [6.45, 7) is 2.45. The molecule has 0 amide bonds. The molecule has 0 saturated carbocycles. The lowest BCUT2D eigenvalue weighted by atomic mass is 9.98. The Bertz CT molecular complexity index is 1670. The average molecular weight is 1100 g/mol. The number of rotatable bonds is 47. The van der Waals surface area contributed by atoms with Crippen LogP contribution in [-0.2, 0) is 38.0 Å². The molecular weight excluding hydrogens is 997 g/mol. The van der Waals surface area contributed by atoms with E-state index < -0.39 is 99.3 Å². The molecule has 0 spiro atoms. The van der Waals surface area contributed by atoms with Gasteiger partial charge in [-0.3, -0.25) is 9.59 Å². The fraction of sp³-hybridized carbons (Fsp3) is 0.746. The molecule has 0 aromatic carbocycles. The standard InChI is InChI=1S/C63H106O15/c1-3-5-7-9-11-13-15-17-19-21-23-24-25-26-28-30-32-34-36-38-40-42-44-46-55(66)76-51(48-73-54(65)45-43-41-39-37-35-33-31-29-27-22-20-18-16-14-12-10-8-6-4-2)49-74-62-61(72)59(70)57(68)53(78-62)50-75-63-60(71)58(69)56(67)52(47-64)77-63/h5,7,11-14,17-20,23-24,27,29,51-53,56-64,67-72H,3-4,6,8-10,15-16,21-22,25-26,28,30-50H2,1-2H3/b7-5-,13-11-,14-12-,19-17-,20-18-,24-23-,29-27-. The van der Waals surface area contributed by atoms with Gasteiger partial charge >= 0.3 is 11.9 Å². The Labute approximate surface area is 469 Å². The van der Waals surface area contributed by atoms with Crippen LogP contribution in [0.4, 0.5) is 0 Å². The van der Waals surface area contributed by atoms with E-state index in [9.17, 15) is 45.3 Å². The topological polar surface area (TPSA) is 231 Å². The summed E-state index contributed by atoms with van der Waals surface area (Å²) < 4.78 is 33.7. The van der Waals surface area contributed by atoms with Gasteiger partial charge in [0.05, 0.1) is 19.8 Å². The van der Waals surface area contributed by atoms with Crippen molar-refractivity contribution >= 4 is 11.9 Å². The Hall–Kier alpha value is -3.32. The highest BCUT2D eigenvalue weighted by molar-refractivity contribution is 5.70. The maximum Gasteiger partial charge on any atom is 0.306 e. The molecular formula is C63H106O15. The normalized spacial score (nSPS) is 24.6. The van der Waals surface area contributed by atoms with Gasteiger partial charge in [0.2, 0.25) is 0 Å². The first-order chi connectivity index (χ1) is 38.0. The van der Waals surface area contributed by atoms with Gasteiger partial charge in [-0.15, -0.1) is 0 Å². The van der Waals surface area contributed by atoms with Gasteiger partial charge in [0.25, 0.3) is 0 Å². The first kappa shape index (κ1) is 70.8. The van der Waals surface area contributed by atoms with E-state index in [2.05, 4.69) is 98.9 Å². The van der Waals surface area contributed by atoms with Gasteiger partial charge < -0.3 is 64.2 Å². The minimum absolute atomic E-state index is 0.152. The Balaban J connectivity index is 1.75. The molecule has 0 aliphatic carbocycles. The zero-order valence-corrected chi connectivity index (χ0v) is 47.9. The lowest BCUT2D eigenvalue weighted by molar-refractivity contribution is -0.332. The zero-order valence-electron chi connectivity index (χ0n) is 47.9. The first-order valence-electron chi connectivity index (χ1n) is 30.2. The van der Waals surface area contributed by atoms with Crippen LogP contribution in [0.3, 0.4) is 0 Å². The number of unbranched alkanes of at least 4 members (excludes halogenated alkanes) is 19. The second kappa shape index (κ2) is 48.4. The van der Waals surface area contributed by atoms with Crippen LogP contribution in [0.1, 0.15) is 206 Å². The third-order valence-corrected chi connectivity index (χ3v) is 13.9. The van der Waals surface area contributed by atoms with Gasteiger partial charge in [-0.1, -0.05) is 189 Å². The van der Waals surface area contributed by atoms with E-state index in [1.54, 1.807) is 0 Å². The van der Waals surface area contributed by atoms with Crippen molar-refractivity contribution in [3.05, 3.63) is 85.1 Å². The lowest BCUT2D eigenvalue weighted by Crippen LogP contribution is -2.61. The smallest absolute Gasteiger partial charge is 0.306 e. The number of aliphatic hydroxyl groups is 7. The van der Waals surface area contributed by atoms with E-state index in [4.69, 9.17) is 28.4 Å². The molecule has 2 saturated heterocycles. The van der Waals surface area contributed by atoms with Crippen LogP contribution in [0, 0.1) is 0 Å². The number of hydrogen-bond donors (Lipinski definition) is 7. The molecule has 15 heteroatoms. The Morgan fingerprint density at radius 3 is 1.27 bits per heavy atom. The van der Waals surface area contributed by atoms with Crippen LogP contribution in [-0.4, -0.2) is 142 Å². The molecule has 0 bridgehead atoms. The van der Waals surface area contributed by atoms with E-state index in [1.807, 2.05) is 0 Å². The number of carbonyl (C=O) groups is 2. The highest BCUT2D eigenvalue weighted by Gasteiger charge is 2.47. The van der Waals surface area contributed by atoms with Crippen molar-refractivity contribution < 1.29 is 73.8 Å². The molecule has 2 heterocycles. The van der Waals surface area contributed by atoms with E-state index in [-0.39, 0.29) is 19.4 Å². The van der Waals surface area contributed by atoms with Gasteiger partial charge in [0.1, 0.15) is 55.4 Å². The van der Waals surface area contributed by atoms with Crippen LogP contribution >= 0.6 is 0 Å². The SMILES string of the molecule is CC/C=C\C/C=C\C/C=C\C/C=C\CCCCCCCCCCCCC(=O)OC(COC(=O)CCCCCCCC/C=C\C/C=C\C/C=C\CCCCC)COC1OC(COC2OC(CO)C(O)C(O)C2O)C(O)C(O)C1O. The summed E-state index contributed by atoms with van der Waals surface area (Å²) in [4.78, 5) is 25.9. The van der Waals surface area contributed by atoms with E-state index in [0.29, 0.717) is 12.8 Å². The molecule has 7 N–H and O–H groups in total. The van der Waals surface area contributed by atoms with Crippen molar-refractivity contribution in [1.29, 1.82) is 0 Å². The third kappa shape index (κ3) is 34.7. The third-order valence-electron chi connectivity index (χ3n) is 13.9. The maximum atomic E-state index is 13.1. The first-order valence-corrected chi connectivity index (χ1v) is 30.2. The molecule has 78 heavy (non-hydrogen) atoms. The van der Waals surface area contributed by atoms with Gasteiger partial charge in [-0.2, -0.15) is 0 Å². The molecule has 2 rings (SSSR count). The summed E-state index contributed by atoms with van der Waals surface area (Å²) in [6, 6.07) is 0. The van der Waals surface area contributed by atoms with Crippen LogP contribution in [0.25, 0.3) is 0 Å². The van der Waals surface area contributed by atoms with Crippen LogP contribution < -0.4 is 0 Å². The molecule has 15 nitrogen and oxygen atoms in total. The fourth-order valence-electron chi connectivity index (χ4n) is 8.98. The van der Waals surface area contributed by atoms with Crippen LogP contribution in [0.15, 0.2) is 85.1 Å². The minimum atomic E-state index is -1.77. The largest absolute Gasteiger partial charge is 0.462 e. The lowest BCUT2D eigenvalue weighted by Gasteiger charge is -2.42. The molecule has 0 radical (unpaired) electrons. The summed E-state index contributed by atoms with van der Waals surface area (Å²) in [6.07, 6.45) is 44.5. The molecule has 11 atom stereocenters. The molecule has 2 aliphatic rings. The van der Waals surface area contributed by atoms with Crippen molar-refractivity contribution in [3.63, 3.8) is 0 Å². The molecule has 0 aromatic rings. The number of ether oxygens (including phenoxy) is 6. The zero-order chi connectivity index (χ0) is 56.7. The fourth-order valence-corrected chi connectivity index (χ4v) is 8.98. The van der Waals surface area contributed by atoms with E-state index >= 15 is 0 Å². The van der Waals surface area contributed by atoms with Crippen molar-refractivity contribution in [2.75, 3.05) is 26.4 Å². The van der Waals surface area contributed by atoms with Gasteiger partial charge in [0, 0.05) is 12.8 Å². The van der Waals surface area contributed by atoms with Crippen LogP contribution in [0.5, 0.6) is 0 Å². The summed E-state index contributed by atoms with van der Waals surface area (Å²) >= 11 is 0. The predicted molar refractivity (Wildman–Crippen MR) is 307 cm³/mol. The van der Waals surface area contributed by atoms with Crippen molar-refractivity contribution in [1.82, 2.24) is 0 Å². The monoisotopic (exact) mass is 1100 g/mol. The molecule has 2 aliphatic heterocycles. The molecule has 11 unspecified atom stereocenters. The molecule has 448 valence electrons. The summed E-state index contributed by atoms with van der Waals surface area (Å²) in [5, 5.41) is 72.4. The summed E-state index contributed by atoms with van der Waals surface area (Å²) in [7, 11) is 0. The van der Waals surface area contributed by atoms with Gasteiger partial charge in [-0.05, 0) is 89.9 Å². The highest BCUT2D eigenvalue weighted by atomic mass is 16.7. The highest BCUT2D eigenvalue weighted by Crippen LogP contribution is 2.27. The molecule has 0 aromatic heterocycles. The minimum Gasteiger partial charge on any atom is -0.462 e. The second-order valence-electron chi connectivity index (χ2n) is 20.8. The summed E-state index contributed by atoms with van der Waals surface area (Å²) in [5.41, 5.74) is 0. The van der Waals surface area contributed by atoms with Gasteiger partial charge in [0.15, 0.2) is 18.7 Å². The maximum absolute atomic E-state index is 13.1. The summed E-state index contributed by atoms with van der Waals surface area (Å²) in [5.74, 6) is -0.946. The van der Waals surface area contributed by atoms with Gasteiger partial charge in [-0.25, -0.2) is 0 Å². The Kier molecular flexibility index (Phi) is 43.9. The van der Waals surface area contributed by atoms with Crippen molar-refractivity contribution in [2.45, 2.75) is 274 Å². The number of hydrogen-bond acceptors (Lipinski definition) is 15. The predicted octanol–water partition coefficient (Wildman–Crippen LogP) is 10.7. The Morgan fingerprint density at radius 1 is 0.423 bits per heavy atom. The average Bonchev–Trinajstić information content (AvgIpc) is 3.44. The van der Waals surface area contributed by atoms with E-state index in [1.165, 1.54) is 57.8 Å². The number of carbonyl (C=O) groups excluding carboxylic acids is 2. The number of allylic oxidation sites excluding steroid dienone is 14. The van der Waals surface area contributed by atoms with Crippen molar-refractivity contribution in [3.8, 4) is 0 Å². The van der Waals surface area contributed by atoms with Crippen molar-refractivity contribution in [2.24, 2.45) is 0 Å². The number of aliphatic hydroxyl groups excluding tert-OH is 7. The Morgan fingerprint density at radius 2 is 0.808 bits per heavy atom. The second-order valence-corrected chi connectivity index (χ2v) is 20.8. The van der Waals surface area contributed by atoms with Crippen LogP contribution in [0.2, 0.25) is 0 Å².